The van der Waals surface area contributed by atoms with Crippen molar-refractivity contribution in [2.45, 2.75) is 17.8 Å². The number of aromatic nitrogens is 4. The van der Waals surface area contributed by atoms with E-state index in [1.807, 2.05) is 61.5 Å². The Morgan fingerprint density at radius 2 is 1.82 bits per heavy atom. The molecule has 142 valence electrons. The second-order valence-electron chi connectivity index (χ2n) is 6.05. The van der Waals surface area contributed by atoms with E-state index in [1.165, 1.54) is 16.4 Å². The highest BCUT2D eigenvalue weighted by Gasteiger charge is 2.17. The van der Waals surface area contributed by atoms with Crippen LogP contribution in [0.5, 0.6) is 5.75 Å². The summed E-state index contributed by atoms with van der Waals surface area (Å²) in [7, 11) is 1.61. The molecular formula is C20H19N5O2S. The van der Waals surface area contributed by atoms with Crippen LogP contribution in [0.2, 0.25) is 0 Å². The number of rotatable bonds is 6. The number of nitrogens with two attached hydrogens (primary N) is 1. The zero-order valence-electron chi connectivity index (χ0n) is 15.5. The van der Waals surface area contributed by atoms with Crippen molar-refractivity contribution < 1.29 is 9.15 Å². The molecule has 2 aromatic heterocycles. The van der Waals surface area contributed by atoms with Gasteiger partial charge in [-0.3, -0.25) is 0 Å². The number of para-hydroxylation sites is 1. The highest BCUT2D eigenvalue weighted by molar-refractivity contribution is 7.98. The van der Waals surface area contributed by atoms with Gasteiger partial charge in [-0.2, -0.15) is 0 Å². The first-order chi connectivity index (χ1) is 13.7. The van der Waals surface area contributed by atoms with E-state index in [9.17, 15) is 0 Å². The average molecular weight is 393 g/mol. The Kier molecular flexibility index (Phi) is 5.03. The number of nitrogen functional groups attached to an aromatic ring is 1. The maximum Gasteiger partial charge on any atom is 0.226 e. The highest BCUT2D eigenvalue weighted by Crippen LogP contribution is 2.31. The van der Waals surface area contributed by atoms with Crippen molar-refractivity contribution in [3.63, 3.8) is 0 Å². The smallest absolute Gasteiger partial charge is 0.226 e. The van der Waals surface area contributed by atoms with Gasteiger partial charge in [0.2, 0.25) is 11.0 Å². The lowest BCUT2D eigenvalue weighted by Crippen LogP contribution is -2.12. The molecule has 0 unspecified atom stereocenters. The molecule has 2 N–H and O–H groups in total. The number of benzene rings is 2. The summed E-state index contributed by atoms with van der Waals surface area (Å²) in [6, 6.07) is 17.4. The van der Waals surface area contributed by atoms with Gasteiger partial charge in [0, 0.05) is 11.3 Å². The van der Waals surface area contributed by atoms with Crippen LogP contribution < -0.4 is 10.6 Å². The Morgan fingerprint density at radius 3 is 2.61 bits per heavy atom. The molecule has 4 rings (SSSR count). The van der Waals surface area contributed by atoms with Crippen LogP contribution in [0.4, 0.5) is 0 Å². The molecule has 0 spiro atoms. The van der Waals surface area contributed by atoms with E-state index >= 15 is 0 Å². The lowest BCUT2D eigenvalue weighted by Gasteiger charge is -2.07. The molecule has 0 saturated carbocycles. The lowest BCUT2D eigenvalue weighted by atomic mass is 10.2. The quantitative estimate of drug-likeness (QED) is 0.392. The Labute approximate surface area is 166 Å². The third-order valence-corrected chi connectivity index (χ3v) is 5.22. The van der Waals surface area contributed by atoms with Gasteiger partial charge in [-0.1, -0.05) is 42.1 Å². The van der Waals surface area contributed by atoms with Crippen molar-refractivity contribution in [3.05, 3.63) is 66.1 Å². The summed E-state index contributed by atoms with van der Waals surface area (Å²) in [5, 5.41) is 9.03. The maximum atomic E-state index is 6.23. The topological polar surface area (TPSA) is 92.0 Å². The van der Waals surface area contributed by atoms with Crippen molar-refractivity contribution in [2.24, 2.45) is 0 Å². The van der Waals surface area contributed by atoms with Crippen LogP contribution in [-0.4, -0.2) is 27.0 Å². The molecular weight excluding hydrogens is 374 g/mol. The summed E-state index contributed by atoms with van der Waals surface area (Å²) in [4.78, 5) is 4.61. The summed E-state index contributed by atoms with van der Waals surface area (Å²) < 4.78 is 12.7. The molecule has 0 fully saturated rings. The Hall–Kier alpha value is -3.26. The summed E-state index contributed by atoms with van der Waals surface area (Å²) in [6.45, 7) is 1.91. The Balaban J connectivity index is 1.54. The summed E-state index contributed by atoms with van der Waals surface area (Å²) >= 11 is 1.45. The molecule has 2 aromatic carbocycles. The van der Waals surface area contributed by atoms with Gasteiger partial charge in [0.15, 0.2) is 5.82 Å². The molecule has 0 amide bonds. The number of oxazole rings is 1. The molecule has 4 aromatic rings. The van der Waals surface area contributed by atoms with Crippen LogP contribution in [-0.2, 0) is 5.75 Å². The SMILES string of the molecule is COc1ccccc1-c1nnc(SCc2nc(-c3ccccc3)oc2C)n1N. The van der Waals surface area contributed by atoms with Crippen LogP contribution >= 0.6 is 11.8 Å². The second kappa shape index (κ2) is 7.77. The number of hydrogen-bond acceptors (Lipinski definition) is 7. The van der Waals surface area contributed by atoms with Crippen molar-refractivity contribution in [1.82, 2.24) is 19.9 Å². The molecule has 0 bridgehead atoms. The van der Waals surface area contributed by atoms with Gasteiger partial charge in [-0.15, -0.1) is 10.2 Å². The normalized spacial score (nSPS) is 10.9. The van der Waals surface area contributed by atoms with Crippen LogP contribution in [0.15, 0.2) is 64.2 Å². The van der Waals surface area contributed by atoms with Gasteiger partial charge in [0.05, 0.1) is 18.4 Å². The van der Waals surface area contributed by atoms with Crippen molar-refractivity contribution >= 4 is 11.8 Å². The third kappa shape index (κ3) is 3.46. The van der Waals surface area contributed by atoms with E-state index < -0.39 is 0 Å². The standard InChI is InChI=1S/C20H19N5O2S/c1-13-16(22-19(27-13)14-8-4-3-5-9-14)12-28-20-24-23-18(25(20)21)15-10-6-7-11-17(15)26-2/h3-11H,12,21H2,1-2H3. The first-order valence-electron chi connectivity index (χ1n) is 8.65. The molecule has 8 heteroatoms. The summed E-state index contributed by atoms with van der Waals surface area (Å²) in [5.74, 6) is 9.42. The fourth-order valence-corrected chi connectivity index (χ4v) is 3.65. The fraction of sp³-hybridized carbons (Fsp3) is 0.150. The van der Waals surface area contributed by atoms with E-state index in [-0.39, 0.29) is 0 Å². The third-order valence-electron chi connectivity index (χ3n) is 4.26. The first-order valence-corrected chi connectivity index (χ1v) is 9.64. The first kappa shape index (κ1) is 18.1. The van der Waals surface area contributed by atoms with Gasteiger partial charge >= 0.3 is 0 Å². The molecule has 0 aliphatic carbocycles. The average Bonchev–Trinajstić information content (AvgIpc) is 3.29. The van der Waals surface area contributed by atoms with Crippen LogP contribution in [0.3, 0.4) is 0 Å². The summed E-state index contributed by atoms with van der Waals surface area (Å²) in [5.41, 5.74) is 2.59. The molecule has 0 radical (unpaired) electrons. The van der Waals surface area contributed by atoms with E-state index in [4.69, 9.17) is 15.0 Å². The Bertz CT molecular complexity index is 1090. The molecule has 7 nitrogen and oxygen atoms in total. The Morgan fingerprint density at radius 1 is 1.07 bits per heavy atom. The van der Waals surface area contributed by atoms with Crippen LogP contribution in [0.1, 0.15) is 11.5 Å². The number of thioether (sulfide) groups is 1. The van der Waals surface area contributed by atoms with Crippen LogP contribution in [0.25, 0.3) is 22.8 Å². The van der Waals surface area contributed by atoms with E-state index in [1.54, 1.807) is 7.11 Å². The highest BCUT2D eigenvalue weighted by atomic mass is 32.2. The van der Waals surface area contributed by atoms with E-state index in [2.05, 4.69) is 15.2 Å². The van der Waals surface area contributed by atoms with Gasteiger partial charge < -0.3 is 15.0 Å². The molecule has 0 aliphatic heterocycles. The predicted molar refractivity (Wildman–Crippen MR) is 108 cm³/mol. The van der Waals surface area contributed by atoms with Crippen molar-refractivity contribution in [2.75, 3.05) is 13.0 Å². The molecule has 2 heterocycles. The van der Waals surface area contributed by atoms with Gasteiger partial charge in [-0.25, -0.2) is 9.66 Å². The lowest BCUT2D eigenvalue weighted by molar-refractivity contribution is 0.416. The minimum Gasteiger partial charge on any atom is -0.496 e. The van der Waals surface area contributed by atoms with Gasteiger partial charge in [0.1, 0.15) is 11.5 Å². The predicted octanol–water partition coefficient (Wildman–Crippen LogP) is 3.92. The van der Waals surface area contributed by atoms with Crippen molar-refractivity contribution in [1.29, 1.82) is 0 Å². The largest absolute Gasteiger partial charge is 0.496 e. The van der Waals surface area contributed by atoms with Gasteiger partial charge in [0.25, 0.3) is 0 Å². The molecule has 28 heavy (non-hydrogen) atoms. The molecule has 0 aliphatic rings. The molecule has 0 atom stereocenters. The number of aryl methyl sites for hydroxylation is 1. The number of methoxy groups -OCH3 is 1. The fourth-order valence-electron chi connectivity index (χ4n) is 2.79. The zero-order chi connectivity index (χ0) is 19.5. The summed E-state index contributed by atoms with van der Waals surface area (Å²) in [6.07, 6.45) is 0. The minimum absolute atomic E-state index is 0.543. The van der Waals surface area contributed by atoms with Gasteiger partial charge in [-0.05, 0) is 31.2 Å². The van der Waals surface area contributed by atoms with Crippen molar-refractivity contribution in [3.8, 4) is 28.6 Å². The van der Waals surface area contributed by atoms with E-state index in [0.29, 0.717) is 28.4 Å². The number of hydrogen-bond donors (Lipinski definition) is 1. The zero-order valence-corrected chi connectivity index (χ0v) is 16.3. The van der Waals surface area contributed by atoms with E-state index in [0.717, 1.165) is 22.6 Å². The monoisotopic (exact) mass is 393 g/mol. The van der Waals surface area contributed by atoms with Crippen LogP contribution in [0, 0.1) is 6.92 Å². The second-order valence-corrected chi connectivity index (χ2v) is 7.00. The maximum absolute atomic E-state index is 6.23. The minimum atomic E-state index is 0.543. The molecule has 0 saturated heterocycles. The number of ether oxygens (including phenoxy) is 1. The number of nitrogens with zero attached hydrogens (tertiary/aromatic N) is 4.